The first-order valence-corrected chi connectivity index (χ1v) is 10.2. The second kappa shape index (κ2) is 9.37. The van der Waals surface area contributed by atoms with Gasteiger partial charge in [-0.05, 0) is 31.2 Å². The fourth-order valence-corrected chi connectivity index (χ4v) is 3.41. The summed E-state index contributed by atoms with van der Waals surface area (Å²) in [6, 6.07) is 7.60. The number of amides is 1. The van der Waals surface area contributed by atoms with Crippen molar-refractivity contribution < 1.29 is 23.8 Å². The predicted octanol–water partition coefficient (Wildman–Crippen LogP) is 4.73. The molecule has 0 spiro atoms. The molecular formula is C22H20ClFN4O4. The van der Waals surface area contributed by atoms with Crippen LogP contribution in [0.1, 0.15) is 13.3 Å². The fourth-order valence-electron chi connectivity index (χ4n) is 3.23. The van der Waals surface area contributed by atoms with Crippen molar-refractivity contribution in [3.05, 3.63) is 59.3 Å². The Morgan fingerprint density at radius 2 is 2.19 bits per heavy atom. The van der Waals surface area contributed by atoms with E-state index in [1.165, 1.54) is 31.5 Å². The Bertz CT molecular complexity index is 1190. The maximum atomic E-state index is 13.5. The molecule has 1 aromatic heterocycles. The molecule has 0 radical (unpaired) electrons. The van der Waals surface area contributed by atoms with Crippen LogP contribution in [0.3, 0.4) is 0 Å². The molecule has 166 valence electrons. The first-order valence-electron chi connectivity index (χ1n) is 9.82. The van der Waals surface area contributed by atoms with Crippen LogP contribution in [-0.2, 0) is 9.53 Å². The number of carbonyl (C=O) groups is 1. The molecule has 32 heavy (non-hydrogen) atoms. The molecule has 1 aliphatic heterocycles. The molecule has 0 saturated carbocycles. The standard InChI is InChI=1S/C22H20ClFN4O4/c1-12(29)6-21(30)28-19-8-15-18(9-20(19)32-14-4-5-31-10-14)25-11-26-22(15)27-13-2-3-17(24)16(23)7-13/h2-3,6-9,11,14,29H,4-5,10H2,1H3,(H,28,30)(H,25,26,27)/b12-6-/t14-/m0/s1. The lowest BCUT2D eigenvalue weighted by atomic mass is 10.1. The molecule has 0 aliphatic carbocycles. The van der Waals surface area contributed by atoms with Crippen LogP contribution >= 0.6 is 11.6 Å². The average Bonchev–Trinajstić information content (AvgIpc) is 3.24. The van der Waals surface area contributed by atoms with Gasteiger partial charge in [0.25, 0.3) is 5.91 Å². The van der Waals surface area contributed by atoms with Crippen LogP contribution in [-0.4, -0.2) is 40.3 Å². The van der Waals surface area contributed by atoms with Gasteiger partial charge in [0.15, 0.2) is 0 Å². The molecule has 3 aromatic rings. The van der Waals surface area contributed by atoms with Crippen LogP contribution < -0.4 is 15.4 Å². The molecule has 3 N–H and O–H groups in total. The maximum Gasteiger partial charge on any atom is 0.251 e. The van der Waals surface area contributed by atoms with Gasteiger partial charge in [0.2, 0.25) is 0 Å². The highest BCUT2D eigenvalue weighted by Crippen LogP contribution is 2.35. The summed E-state index contributed by atoms with van der Waals surface area (Å²) in [6.45, 7) is 2.45. The molecule has 1 fully saturated rings. The van der Waals surface area contributed by atoms with Crippen molar-refractivity contribution >= 4 is 45.6 Å². The molecule has 2 aromatic carbocycles. The van der Waals surface area contributed by atoms with Crippen molar-refractivity contribution in [2.75, 3.05) is 23.8 Å². The zero-order valence-electron chi connectivity index (χ0n) is 17.1. The minimum absolute atomic E-state index is 0.0260. The Balaban J connectivity index is 1.74. The van der Waals surface area contributed by atoms with Crippen molar-refractivity contribution in [3.8, 4) is 5.75 Å². The number of aliphatic hydroxyl groups excluding tert-OH is 1. The molecule has 4 rings (SSSR count). The summed E-state index contributed by atoms with van der Waals surface area (Å²) in [5.41, 5.74) is 1.47. The summed E-state index contributed by atoms with van der Waals surface area (Å²) in [5.74, 6) is -0.334. The van der Waals surface area contributed by atoms with Crippen LogP contribution in [0.4, 0.5) is 21.6 Å². The van der Waals surface area contributed by atoms with Crippen molar-refractivity contribution in [2.45, 2.75) is 19.4 Å². The number of nitrogens with zero attached hydrogens (tertiary/aromatic N) is 2. The molecule has 0 unspecified atom stereocenters. The molecule has 10 heteroatoms. The first-order chi connectivity index (χ1) is 15.4. The average molecular weight is 459 g/mol. The molecule has 2 heterocycles. The number of anilines is 3. The zero-order valence-corrected chi connectivity index (χ0v) is 17.8. The maximum absolute atomic E-state index is 13.5. The monoisotopic (exact) mass is 458 g/mol. The molecular weight excluding hydrogens is 439 g/mol. The summed E-state index contributed by atoms with van der Waals surface area (Å²) in [6.07, 6.45) is 3.02. The lowest BCUT2D eigenvalue weighted by Crippen LogP contribution is -2.18. The Labute approximate surface area is 188 Å². The third-order valence-corrected chi connectivity index (χ3v) is 4.99. The number of ether oxygens (including phenoxy) is 2. The Morgan fingerprint density at radius 3 is 2.91 bits per heavy atom. The number of benzene rings is 2. The second-order valence-electron chi connectivity index (χ2n) is 7.22. The van der Waals surface area contributed by atoms with Gasteiger partial charge < -0.3 is 25.2 Å². The SMILES string of the molecule is C/C(O)=C/C(=O)Nc1cc2c(Nc3ccc(F)c(Cl)c3)ncnc2cc1O[C@H]1CCOC1. The molecule has 1 atom stereocenters. The number of halogens is 2. The lowest BCUT2D eigenvalue weighted by Gasteiger charge is -2.17. The van der Waals surface area contributed by atoms with E-state index >= 15 is 0 Å². The summed E-state index contributed by atoms with van der Waals surface area (Å²) in [5, 5.41) is 15.8. The van der Waals surface area contributed by atoms with E-state index in [0.29, 0.717) is 47.1 Å². The van der Waals surface area contributed by atoms with Crippen molar-refractivity contribution in [1.29, 1.82) is 0 Å². The van der Waals surface area contributed by atoms with Crippen LogP contribution in [0, 0.1) is 5.82 Å². The number of hydrogen-bond acceptors (Lipinski definition) is 7. The predicted molar refractivity (Wildman–Crippen MR) is 119 cm³/mol. The van der Waals surface area contributed by atoms with E-state index in [-0.39, 0.29) is 16.9 Å². The molecule has 1 aliphatic rings. The largest absolute Gasteiger partial charge is 0.512 e. The van der Waals surface area contributed by atoms with Gasteiger partial charge in [0.05, 0.1) is 35.2 Å². The number of allylic oxidation sites excluding steroid dienone is 1. The first kappa shape index (κ1) is 21.8. The van der Waals surface area contributed by atoms with Gasteiger partial charge in [0.1, 0.15) is 29.8 Å². The Kier molecular flexibility index (Phi) is 6.38. The number of carbonyl (C=O) groups excluding carboxylic acids is 1. The van der Waals surface area contributed by atoms with E-state index in [1.807, 2.05) is 0 Å². The lowest BCUT2D eigenvalue weighted by molar-refractivity contribution is -0.112. The number of aliphatic hydroxyl groups is 1. The van der Waals surface area contributed by atoms with Gasteiger partial charge in [-0.25, -0.2) is 14.4 Å². The highest BCUT2D eigenvalue weighted by molar-refractivity contribution is 6.31. The highest BCUT2D eigenvalue weighted by atomic mass is 35.5. The number of nitrogens with one attached hydrogen (secondary N) is 2. The van der Waals surface area contributed by atoms with Gasteiger partial charge in [-0.15, -0.1) is 0 Å². The van der Waals surface area contributed by atoms with Gasteiger partial charge in [-0.1, -0.05) is 11.6 Å². The van der Waals surface area contributed by atoms with Gasteiger partial charge in [-0.2, -0.15) is 0 Å². The van der Waals surface area contributed by atoms with Gasteiger partial charge in [0, 0.05) is 29.6 Å². The summed E-state index contributed by atoms with van der Waals surface area (Å²) < 4.78 is 24.9. The molecule has 8 nitrogen and oxygen atoms in total. The quantitative estimate of drug-likeness (QED) is 0.362. The normalized spacial score (nSPS) is 16.2. The number of hydrogen-bond donors (Lipinski definition) is 3. The van der Waals surface area contributed by atoms with Gasteiger partial charge in [-0.3, -0.25) is 4.79 Å². The van der Waals surface area contributed by atoms with Crippen molar-refractivity contribution in [1.82, 2.24) is 9.97 Å². The minimum Gasteiger partial charge on any atom is -0.512 e. The third kappa shape index (κ3) is 5.06. The van der Waals surface area contributed by atoms with Crippen molar-refractivity contribution in [2.24, 2.45) is 0 Å². The minimum atomic E-state index is -0.528. The molecule has 0 bridgehead atoms. The van der Waals surface area contributed by atoms with Crippen LogP contribution in [0.15, 0.2) is 48.5 Å². The zero-order chi connectivity index (χ0) is 22.7. The molecule has 1 saturated heterocycles. The number of rotatable bonds is 6. The van der Waals surface area contributed by atoms with E-state index in [1.54, 1.807) is 12.1 Å². The van der Waals surface area contributed by atoms with Crippen LogP contribution in [0.2, 0.25) is 5.02 Å². The summed E-state index contributed by atoms with van der Waals surface area (Å²) in [4.78, 5) is 20.8. The fraction of sp³-hybridized carbons (Fsp3) is 0.227. The topological polar surface area (TPSA) is 106 Å². The number of fused-ring (bicyclic) bond motifs is 1. The second-order valence-corrected chi connectivity index (χ2v) is 7.63. The van der Waals surface area contributed by atoms with Crippen molar-refractivity contribution in [3.63, 3.8) is 0 Å². The van der Waals surface area contributed by atoms with E-state index in [0.717, 1.165) is 12.5 Å². The van der Waals surface area contributed by atoms with Gasteiger partial charge >= 0.3 is 0 Å². The van der Waals surface area contributed by atoms with E-state index < -0.39 is 11.7 Å². The van der Waals surface area contributed by atoms with E-state index in [9.17, 15) is 14.3 Å². The van der Waals surface area contributed by atoms with E-state index in [4.69, 9.17) is 21.1 Å². The smallest absolute Gasteiger partial charge is 0.251 e. The van der Waals surface area contributed by atoms with Crippen LogP contribution in [0.25, 0.3) is 10.9 Å². The number of aromatic nitrogens is 2. The Morgan fingerprint density at radius 1 is 1.34 bits per heavy atom. The van der Waals surface area contributed by atoms with E-state index in [2.05, 4.69) is 20.6 Å². The summed E-state index contributed by atoms with van der Waals surface area (Å²) >= 11 is 5.88. The third-order valence-electron chi connectivity index (χ3n) is 4.70. The highest BCUT2D eigenvalue weighted by Gasteiger charge is 2.21. The molecule has 1 amide bonds. The Hall–Kier alpha value is -3.43. The van der Waals surface area contributed by atoms with Crippen LogP contribution in [0.5, 0.6) is 5.75 Å². The summed E-state index contributed by atoms with van der Waals surface area (Å²) in [7, 11) is 0.